The molecule has 1 amide bonds. The topological polar surface area (TPSA) is 83.8 Å². The Balaban J connectivity index is 2.03. The summed E-state index contributed by atoms with van der Waals surface area (Å²) in [6, 6.07) is 5.43. The van der Waals surface area contributed by atoms with Crippen LogP contribution >= 0.6 is 11.3 Å². The number of aromatic nitrogens is 2. The van der Waals surface area contributed by atoms with Gasteiger partial charge in [-0.05, 0) is 25.5 Å². The molecule has 2 aromatic rings. The van der Waals surface area contributed by atoms with Gasteiger partial charge < -0.3 is 11.1 Å². The molecule has 1 unspecified atom stereocenters. The summed E-state index contributed by atoms with van der Waals surface area (Å²) in [4.78, 5) is 14.1. The molecule has 0 bridgehead atoms. The van der Waals surface area contributed by atoms with E-state index >= 15 is 0 Å². The lowest BCUT2D eigenvalue weighted by Crippen LogP contribution is -2.35. The van der Waals surface area contributed by atoms with E-state index in [1.807, 2.05) is 19.1 Å². The van der Waals surface area contributed by atoms with Gasteiger partial charge in [0.15, 0.2) is 5.82 Å². The van der Waals surface area contributed by atoms with Crippen LogP contribution in [0.4, 0.5) is 5.82 Å². The number of nitrogens with one attached hydrogen (secondary N) is 2. The summed E-state index contributed by atoms with van der Waals surface area (Å²) >= 11 is 1.68. The fourth-order valence-corrected chi connectivity index (χ4v) is 2.59. The van der Waals surface area contributed by atoms with Gasteiger partial charge in [-0.15, -0.1) is 11.3 Å². The van der Waals surface area contributed by atoms with Crippen LogP contribution in [0.3, 0.4) is 0 Å². The minimum atomic E-state index is -0.478. The molecule has 6 heteroatoms. The van der Waals surface area contributed by atoms with Crippen LogP contribution in [0.25, 0.3) is 10.6 Å². The Hall–Kier alpha value is -1.66. The van der Waals surface area contributed by atoms with Crippen molar-refractivity contribution in [3.63, 3.8) is 0 Å². The molecule has 0 radical (unpaired) electrons. The summed E-state index contributed by atoms with van der Waals surface area (Å²) in [7, 11) is 0. The van der Waals surface area contributed by atoms with Crippen molar-refractivity contribution in [3.05, 3.63) is 23.1 Å². The second-order valence-corrected chi connectivity index (χ2v) is 5.75. The minimum absolute atomic E-state index is 0.192. The third kappa shape index (κ3) is 3.42. The first-order valence-corrected chi connectivity index (χ1v) is 7.10. The number of thiophene rings is 1. The molecule has 0 aliphatic rings. The molecular weight excluding hydrogens is 260 g/mol. The van der Waals surface area contributed by atoms with Crippen LogP contribution in [0, 0.1) is 6.92 Å². The molecule has 1 atom stereocenters. The number of hydrogen-bond donors (Lipinski definition) is 3. The lowest BCUT2D eigenvalue weighted by Gasteiger charge is -2.08. The number of rotatable bonds is 5. The van der Waals surface area contributed by atoms with E-state index in [0.29, 0.717) is 12.2 Å². The molecule has 2 rings (SSSR count). The summed E-state index contributed by atoms with van der Waals surface area (Å²) in [6.45, 7) is 4.05. The van der Waals surface area contributed by atoms with Gasteiger partial charge in [-0.2, -0.15) is 5.10 Å². The fraction of sp³-hybridized carbons (Fsp3) is 0.385. The molecule has 2 heterocycles. The molecule has 19 heavy (non-hydrogen) atoms. The van der Waals surface area contributed by atoms with Gasteiger partial charge in [0.2, 0.25) is 5.91 Å². The van der Waals surface area contributed by atoms with Gasteiger partial charge in [-0.25, -0.2) is 0 Å². The third-order valence-corrected chi connectivity index (χ3v) is 3.81. The van der Waals surface area contributed by atoms with E-state index in [4.69, 9.17) is 5.73 Å². The summed E-state index contributed by atoms with van der Waals surface area (Å²) in [5.41, 5.74) is 6.65. The molecule has 0 saturated heterocycles. The second-order valence-electron chi connectivity index (χ2n) is 4.46. The number of hydrogen-bond acceptors (Lipinski definition) is 4. The van der Waals surface area contributed by atoms with Crippen molar-refractivity contribution in [3.8, 4) is 10.6 Å². The number of nitrogens with zero attached hydrogens (tertiary/aromatic N) is 1. The number of aromatic amines is 1. The number of H-pyrrole nitrogens is 1. The predicted molar refractivity (Wildman–Crippen MR) is 78.2 cm³/mol. The van der Waals surface area contributed by atoms with Gasteiger partial charge in [0.05, 0.1) is 16.6 Å². The monoisotopic (exact) mass is 278 g/mol. The lowest BCUT2D eigenvalue weighted by molar-refractivity contribution is -0.117. The number of carbonyl (C=O) groups is 1. The molecule has 0 spiro atoms. The van der Waals surface area contributed by atoms with Gasteiger partial charge in [0, 0.05) is 10.9 Å². The predicted octanol–water partition coefficient (Wildman–Crippen LogP) is 2.51. The molecule has 5 nitrogen and oxygen atoms in total. The zero-order valence-corrected chi connectivity index (χ0v) is 11.9. The first kappa shape index (κ1) is 13.8. The van der Waals surface area contributed by atoms with Crippen LogP contribution in [-0.2, 0) is 4.79 Å². The van der Waals surface area contributed by atoms with Gasteiger partial charge in [-0.3, -0.25) is 9.89 Å². The molecule has 0 aliphatic carbocycles. The highest BCUT2D eigenvalue weighted by Crippen LogP contribution is 2.27. The average molecular weight is 278 g/mol. The Kier molecular flexibility index (Phi) is 4.34. The maximum Gasteiger partial charge on any atom is 0.242 e. The molecule has 0 fully saturated rings. The Labute approximate surface area is 116 Å². The summed E-state index contributed by atoms with van der Waals surface area (Å²) < 4.78 is 0. The van der Waals surface area contributed by atoms with Crippen molar-refractivity contribution in [2.45, 2.75) is 32.7 Å². The van der Waals surface area contributed by atoms with E-state index in [1.54, 1.807) is 11.3 Å². The van der Waals surface area contributed by atoms with Crippen molar-refractivity contribution in [2.24, 2.45) is 5.73 Å². The van der Waals surface area contributed by atoms with Crippen LogP contribution in [0.5, 0.6) is 0 Å². The van der Waals surface area contributed by atoms with Crippen LogP contribution < -0.4 is 11.1 Å². The van der Waals surface area contributed by atoms with Crippen molar-refractivity contribution in [1.29, 1.82) is 0 Å². The van der Waals surface area contributed by atoms with Gasteiger partial charge in [0.1, 0.15) is 0 Å². The van der Waals surface area contributed by atoms with E-state index < -0.39 is 6.04 Å². The highest BCUT2D eigenvalue weighted by Gasteiger charge is 2.14. The Morgan fingerprint density at radius 2 is 2.37 bits per heavy atom. The summed E-state index contributed by atoms with van der Waals surface area (Å²) in [5, 5.41) is 9.72. The number of anilines is 1. The Morgan fingerprint density at radius 3 is 3.00 bits per heavy atom. The normalized spacial score (nSPS) is 12.4. The second kappa shape index (κ2) is 5.99. The molecular formula is C13H18N4OS. The van der Waals surface area contributed by atoms with Crippen LogP contribution in [0.15, 0.2) is 18.2 Å². The maximum absolute atomic E-state index is 11.8. The molecule has 0 saturated carbocycles. The Bertz CT molecular complexity index is 560. The highest BCUT2D eigenvalue weighted by atomic mass is 32.1. The maximum atomic E-state index is 11.8. The number of nitrogens with two attached hydrogens (primary N) is 1. The first-order valence-electron chi connectivity index (χ1n) is 6.28. The van der Waals surface area contributed by atoms with Crippen molar-refractivity contribution < 1.29 is 4.79 Å². The standard InChI is InChI=1S/C13H18N4OS/c1-3-4-9(14)13(18)15-12-7-10(16-17-12)11-6-5-8(2)19-11/h5-7,9H,3-4,14H2,1-2H3,(H2,15,16,17,18). The lowest BCUT2D eigenvalue weighted by atomic mass is 10.2. The molecule has 0 aliphatic heterocycles. The highest BCUT2D eigenvalue weighted by molar-refractivity contribution is 7.15. The average Bonchev–Trinajstić information content (AvgIpc) is 2.98. The summed E-state index contributed by atoms with van der Waals surface area (Å²) in [6.07, 6.45) is 1.56. The number of carbonyl (C=O) groups excluding carboxylic acids is 1. The molecule has 0 aromatic carbocycles. The first-order chi connectivity index (χ1) is 9.10. The van der Waals surface area contributed by atoms with E-state index in [0.717, 1.165) is 17.0 Å². The fourth-order valence-electron chi connectivity index (χ4n) is 1.75. The van der Waals surface area contributed by atoms with E-state index in [1.165, 1.54) is 4.88 Å². The Morgan fingerprint density at radius 1 is 1.58 bits per heavy atom. The zero-order chi connectivity index (χ0) is 13.8. The minimum Gasteiger partial charge on any atom is -0.320 e. The zero-order valence-electron chi connectivity index (χ0n) is 11.1. The van der Waals surface area contributed by atoms with E-state index in [2.05, 4.69) is 28.5 Å². The van der Waals surface area contributed by atoms with Gasteiger partial charge in [0.25, 0.3) is 0 Å². The number of amides is 1. The van der Waals surface area contributed by atoms with Crippen LogP contribution in [0.1, 0.15) is 24.6 Å². The van der Waals surface area contributed by atoms with Crippen molar-refractivity contribution in [1.82, 2.24) is 10.2 Å². The SMILES string of the molecule is CCCC(N)C(=O)Nc1cc(-c2ccc(C)s2)[nH]n1. The third-order valence-electron chi connectivity index (χ3n) is 2.77. The molecule has 4 N–H and O–H groups in total. The molecule has 2 aromatic heterocycles. The smallest absolute Gasteiger partial charge is 0.242 e. The molecule has 102 valence electrons. The van der Waals surface area contributed by atoms with Gasteiger partial charge in [-0.1, -0.05) is 13.3 Å². The van der Waals surface area contributed by atoms with Crippen molar-refractivity contribution >= 4 is 23.1 Å². The van der Waals surface area contributed by atoms with Crippen molar-refractivity contribution in [2.75, 3.05) is 5.32 Å². The summed E-state index contributed by atoms with van der Waals surface area (Å²) in [5.74, 6) is 0.319. The largest absolute Gasteiger partial charge is 0.320 e. The number of aryl methyl sites for hydroxylation is 1. The van der Waals surface area contributed by atoms with Crippen LogP contribution in [-0.4, -0.2) is 22.1 Å². The van der Waals surface area contributed by atoms with Gasteiger partial charge >= 0.3 is 0 Å². The quantitative estimate of drug-likeness (QED) is 0.785. The van der Waals surface area contributed by atoms with E-state index in [9.17, 15) is 4.79 Å². The van der Waals surface area contributed by atoms with Crippen LogP contribution in [0.2, 0.25) is 0 Å². The van der Waals surface area contributed by atoms with E-state index in [-0.39, 0.29) is 5.91 Å².